The third kappa shape index (κ3) is 3.18. The van der Waals surface area contributed by atoms with Gasteiger partial charge < -0.3 is 14.5 Å². The molecule has 21 heavy (non-hydrogen) atoms. The van der Waals surface area contributed by atoms with Crippen molar-refractivity contribution >= 4 is 23.9 Å². The highest BCUT2D eigenvalue weighted by atomic mass is 32.1. The molecule has 0 spiro atoms. The summed E-state index contributed by atoms with van der Waals surface area (Å²) >= 11 is 1.58. The van der Waals surface area contributed by atoms with Crippen LogP contribution in [-0.4, -0.2) is 32.3 Å². The Hall–Kier alpha value is -2.03. The molecule has 0 amide bonds. The van der Waals surface area contributed by atoms with Crippen molar-refractivity contribution in [3.05, 3.63) is 46.2 Å². The molecule has 3 aromatic rings. The van der Waals surface area contributed by atoms with Gasteiger partial charge in [-0.1, -0.05) is 12.1 Å². The number of nitrogens with zero attached hydrogens (tertiary/aromatic N) is 3. The Bertz CT molecular complexity index is 739. The highest BCUT2D eigenvalue weighted by Gasteiger charge is 2.13. The normalized spacial score (nSPS) is 10.8. The summed E-state index contributed by atoms with van der Waals surface area (Å²) in [6.45, 7) is 1.95. The number of benzene rings is 1. The summed E-state index contributed by atoms with van der Waals surface area (Å²) in [5.41, 5.74) is 2.05. The fourth-order valence-electron chi connectivity index (χ4n) is 1.88. The van der Waals surface area contributed by atoms with Gasteiger partial charge in [0.25, 0.3) is 0 Å². The number of thiazole rings is 1. The van der Waals surface area contributed by atoms with Crippen LogP contribution >= 0.6 is 11.3 Å². The SMILES string of the molecule is Cc1nc(Cc2nnc(-c3ccc(B(O)O)cc3)o2)cs1. The van der Waals surface area contributed by atoms with Crippen LogP contribution in [0.2, 0.25) is 0 Å². The van der Waals surface area contributed by atoms with Crippen molar-refractivity contribution < 1.29 is 14.5 Å². The van der Waals surface area contributed by atoms with Gasteiger partial charge in [-0.15, -0.1) is 21.5 Å². The van der Waals surface area contributed by atoms with Crippen molar-refractivity contribution in [1.29, 1.82) is 0 Å². The van der Waals surface area contributed by atoms with Crippen LogP contribution in [0.25, 0.3) is 11.5 Å². The van der Waals surface area contributed by atoms with Crippen molar-refractivity contribution in [2.45, 2.75) is 13.3 Å². The van der Waals surface area contributed by atoms with E-state index in [0.717, 1.165) is 16.3 Å². The van der Waals surface area contributed by atoms with E-state index in [1.54, 1.807) is 35.6 Å². The Morgan fingerprint density at radius 3 is 2.57 bits per heavy atom. The first-order valence-corrected chi connectivity index (χ1v) is 7.19. The Labute approximate surface area is 125 Å². The van der Waals surface area contributed by atoms with Crippen LogP contribution in [-0.2, 0) is 6.42 Å². The maximum Gasteiger partial charge on any atom is 0.488 e. The van der Waals surface area contributed by atoms with Crippen LogP contribution in [0.4, 0.5) is 0 Å². The first-order chi connectivity index (χ1) is 10.1. The molecule has 0 saturated heterocycles. The smallest absolute Gasteiger partial charge is 0.423 e. The minimum Gasteiger partial charge on any atom is -0.423 e. The number of rotatable bonds is 4. The van der Waals surface area contributed by atoms with Gasteiger partial charge in [0.1, 0.15) is 0 Å². The van der Waals surface area contributed by atoms with E-state index in [1.807, 2.05) is 12.3 Å². The van der Waals surface area contributed by atoms with Gasteiger partial charge in [-0.2, -0.15) is 0 Å². The highest BCUT2D eigenvalue weighted by molar-refractivity contribution is 7.09. The van der Waals surface area contributed by atoms with Gasteiger partial charge in [-0.3, -0.25) is 0 Å². The Morgan fingerprint density at radius 1 is 1.19 bits per heavy atom. The van der Waals surface area contributed by atoms with E-state index in [1.165, 1.54) is 0 Å². The third-order valence-electron chi connectivity index (χ3n) is 2.92. The van der Waals surface area contributed by atoms with Crippen molar-refractivity contribution in [1.82, 2.24) is 15.2 Å². The summed E-state index contributed by atoms with van der Waals surface area (Å²) < 4.78 is 5.60. The second kappa shape index (κ2) is 5.76. The highest BCUT2D eigenvalue weighted by Crippen LogP contribution is 2.18. The average molecular weight is 301 g/mol. The van der Waals surface area contributed by atoms with Gasteiger partial charge in [-0.05, 0) is 24.5 Å². The predicted molar refractivity (Wildman–Crippen MR) is 79.2 cm³/mol. The standard InChI is InChI=1S/C13H12BN3O3S/c1-8-15-11(7-21-8)6-12-16-17-13(20-12)9-2-4-10(5-3-9)14(18)19/h2-5,7,18-19H,6H2,1H3. The van der Waals surface area contributed by atoms with E-state index in [-0.39, 0.29) is 0 Å². The molecule has 0 saturated carbocycles. The molecule has 0 unspecified atom stereocenters. The largest absolute Gasteiger partial charge is 0.488 e. The van der Waals surface area contributed by atoms with Gasteiger partial charge in [0.05, 0.1) is 17.1 Å². The summed E-state index contributed by atoms with van der Waals surface area (Å²) in [5.74, 6) is 0.900. The average Bonchev–Trinajstić information content (AvgIpc) is 3.09. The molecular weight excluding hydrogens is 289 g/mol. The number of hydrogen-bond donors (Lipinski definition) is 2. The molecule has 2 heterocycles. The maximum absolute atomic E-state index is 9.05. The summed E-state index contributed by atoms with van der Waals surface area (Å²) in [7, 11) is -1.48. The molecule has 106 valence electrons. The van der Waals surface area contributed by atoms with Gasteiger partial charge in [0.2, 0.25) is 11.8 Å². The quantitative estimate of drug-likeness (QED) is 0.692. The molecule has 0 bridgehead atoms. The first kappa shape index (κ1) is 13.9. The van der Waals surface area contributed by atoms with Gasteiger partial charge in [0.15, 0.2) is 0 Å². The summed E-state index contributed by atoms with van der Waals surface area (Å²) in [5, 5.41) is 29.1. The van der Waals surface area contributed by atoms with Gasteiger partial charge in [-0.25, -0.2) is 4.98 Å². The van der Waals surface area contributed by atoms with Crippen LogP contribution in [0.5, 0.6) is 0 Å². The molecule has 2 N–H and O–H groups in total. The fraction of sp³-hybridized carbons (Fsp3) is 0.154. The Balaban J connectivity index is 1.78. The van der Waals surface area contributed by atoms with E-state index in [4.69, 9.17) is 14.5 Å². The van der Waals surface area contributed by atoms with E-state index in [9.17, 15) is 0 Å². The molecule has 1 aromatic carbocycles. The third-order valence-corrected chi connectivity index (χ3v) is 3.74. The topological polar surface area (TPSA) is 92.3 Å². The number of hydrogen-bond acceptors (Lipinski definition) is 7. The summed E-state index contributed by atoms with van der Waals surface area (Å²) in [6.07, 6.45) is 0.505. The molecule has 0 fully saturated rings. The zero-order valence-corrected chi connectivity index (χ0v) is 12.0. The lowest BCUT2D eigenvalue weighted by atomic mass is 9.80. The van der Waals surface area contributed by atoms with E-state index < -0.39 is 7.12 Å². The summed E-state index contributed by atoms with van der Waals surface area (Å²) in [4.78, 5) is 4.35. The van der Waals surface area contributed by atoms with E-state index in [2.05, 4.69) is 15.2 Å². The first-order valence-electron chi connectivity index (χ1n) is 6.31. The molecule has 8 heteroatoms. The van der Waals surface area contributed by atoms with Crippen LogP contribution in [0.1, 0.15) is 16.6 Å². The minimum atomic E-state index is -1.48. The van der Waals surface area contributed by atoms with Crippen molar-refractivity contribution in [2.24, 2.45) is 0 Å². The second-order valence-corrected chi connectivity index (χ2v) is 5.59. The summed E-state index contributed by atoms with van der Waals surface area (Å²) in [6, 6.07) is 6.62. The van der Waals surface area contributed by atoms with Gasteiger partial charge in [0, 0.05) is 10.9 Å². The molecule has 0 aliphatic carbocycles. The molecule has 0 aliphatic rings. The zero-order chi connectivity index (χ0) is 14.8. The number of aromatic nitrogens is 3. The molecule has 2 aromatic heterocycles. The van der Waals surface area contributed by atoms with Crippen molar-refractivity contribution in [2.75, 3.05) is 0 Å². The van der Waals surface area contributed by atoms with Crippen molar-refractivity contribution in [3.63, 3.8) is 0 Å². The second-order valence-electron chi connectivity index (χ2n) is 4.53. The maximum atomic E-state index is 9.05. The molecular formula is C13H12BN3O3S. The van der Waals surface area contributed by atoms with Crippen LogP contribution in [0.15, 0.2) is 34.1 Å². The Kier molecular flexibility index (Phi) is 3.83. The Morgan fingerprint density at radius 2 is 1.95 bits per heavy atom. The van der Waals surface area contributed by atoms with Gasteiger partial charge >= 0.3 is 7.12 Å². The zero-order valence-electron chi connectivity index (χ0n) is 11.2. The lowest BCUT2D eigenvalue weighted by Gasteiger charge is -1.99. The van der Waals surface area contributed by atoms with Crippen LogP contribution in [0.3, 0.4) is 0 Å². The molecule has 3 rings (SSSR count). The molecule has 0 atom stereocenters. The number of aryl methyl sites for hydroxylation is 1. The van der Waals surface area contributed by atoms with Crippen molar-refractivity contribution in [3.8, 4) is 11.5 Å². The van der Waals surface area contributed by atoms with Crippen LogP contribution < -0.4 is 5.46 Å². The van der Waals surface area contributed by atoms with Crippen LogP contribution in [0, 0.1) is 6.92 Å². The lowest BCUT2D eigenvalue weighted by Crippen LogP contribution is -2.29. The molecule has 0 aliphatic heterocycles. The van der Waals surface area contributed by atoms with E-state index in [0.29, 0.717) is 23.7 Å². The molecule has 0 radical (unpaired) electrons. The minimum absolute atomic E-state index is 0.399. The van der Waals surface area contributed by atoms with E-state index >= 15 is 0 Å². The monoisotopic (exact) mass is 301 g/mol. The lowest BCUT2D eigenvalue weighted by molar-refractivity contribution is 0.426. The molecule has 6 nitrogen and oxygen atoms in total. The predicted octanol–water partition coefficient (Wildman–Crippen LogP) is 0.772. The fourth-order valence-corrected chi connectivity index (χ4v) is 2.50.